The summed E-state index contributed by atoms with van der Waals surface area (Å²) in [5.74, 6) is -0.170. The Kier molecular flexibility index (Phi) is 2.65. The van der Waals surface area contributed by atoms with E-state index in [1.165, 1.54) is 6.42 Å². The molecule has 3 heteroatoms. The highest BCUT2D eigenvalue weighted by Gasteiger charge is 2.16. The molecule has 1 aromatic rings. The Bertz CT molecular complexity index is 310. The van der Waals surface area contributed by atoms with Crippen LogP contribution in [0.15, 0.2) is 22.7 Å². The van der Waals surface area contributed by atoms with Gasteiger partial charge in [-0.1, -0.05) is 6.07 Å². The average molecular weight is 244 g/mol. The molecule has 2 rings (SSSR count). The molecular weight excluding hydrogens is 233 g/mol. The molecule has 1 atom stereocenters. The van der Waals surface area contributed by atoms with Gasteiger partial charge in [0.05, 0.1) is 4.47 Å². The van der Waals surface area contributed by atoms with Crippen LogP contribution in [0.3, 0.4) is 0 Å². The molecule has 0 amide bonds. The quantitative estimate of drug-likeness (QED) is 0.842. The second-order valence-electron chi connectivity index (χ2n) is 3.39. The number of benzene rings is 1. The largest absolute Gasteiger partial charge is 0.314 e. The van der Waals surface area contributed by atoms with Gasteiger partial charge in [-0.05, 0) is 53.0 Å². The molecule has 1 unspecified atom stereocenters. The lowest BCUT2D eigenvalue weighted by Gasteiger charge is -2.27. The summed E-state index contributed by atoms with van der Waals surface area (Å²) in [7, 11) is 0. The van der Waals surface area contributed by atoms with E-state index in [4.69, 9.17) is 0 Å². The van der Waals surface area contributed by atoms with Gasteiger partial charge in [-0.15, -0.1) is 0 Å². The van der Waals surface area contributed by atoms with E-state index in [9.17, 15) is 4.39 Å². The van der Waals surface area contributed by atoms with E-state index in [1.54, 1.807) is 12.1 Å². The van der Waals surface area contributed by atoms with Crippen molar-refractivity contribution in [1.29, 1.82) is 0 Å². The molecule has 0 radical (unpaired) electrons. The van der Waals surface area contributed by atoms with Crippen LogP contribution in [0.1, 0.15) is 12.0 Å². The fourth-order valence-corrected chi connectivity index (χ4v) is 1.72. The number of hydrogen-bond acceptors (Lipinski definition) is 1. The Balaban J connectivity index is 2.07. The van der Waals surface area contributed by atoms with Crippen LogP contribution in [0.4, 0.5) is 4.39 Å². The molecule has 1 saturated heterocycles. The van der Waals surface area contributed by atoms with Crippen LogP contribution in [0.2, 0.25) is 0 Å². The van der Waals surface area contributed by atoms with E-state index in [0.29, 0.717) is 10.5 Å². The third-order valence-electron chi connectivity index (χ3n) is 2.39. The van der Waals surface area contributed by atoms with Crippen LogP contribution in [-0.2, 0) is 6.42 Å². The molecule has 1 aliphatic heterocycles. The monoisotopic (exact) mass is 243 g/mol. The summed E-state index contributed by atoms with van der Waals surface area (Å²) in [6, 6.07) is 5.89. The fraction of sp³-hybridized carbons (Fsp3) is 0.400. The van der Waals surface area contributed by atoms with Crippen molar-refractivity contribution in [3.05, 3.63) is 34.1 Å². The zero-order valence-corrected chi connectivity index (χ0v) is 8.77. The maximum absolute atomic E-state index is 13.1. The Hall–Kier alpha value is -0.410. The molecule has 0 spiro atoms. The van der Waals surface area contributed by atoms with Crippen LogP contribution < -0.4 is 5.32 Å². The molecular formula is C10H11BrFN. The van der Waals surface area contributed by atoms with Crippen molar-refractivity contribution in [2.45, 2.75) is 18.9 Å². The van der Waals surface area contributed by atoms with E-state index in [-0.39, 0.29) is 5.82 Å². The molecule has 1 fully saturated rings. The predicted octanol–water partition coefficient (Wildman–Crippen LogP) is 2.49. The van der Waals surface area contributed by atoms with Gasteiger partial charge >= 0.3 is 0 Å². The van der Waals surface area contributed by atoms with Crippen LogP contribution in [0, 0.1) is 5.82 Å². The van der Waals surface area contributed by atoms with E-state index in [2.05, 4.69) is 21.2 Å². The second kappa shape index (κ2) is 3.76. The van der Waals surface area contributed by atoms with Gasteiger partial charge in [0, 0.05) is 6.04 Å². The molecule has 1 heterocycles. The molecule has 70 valence electrons. The first-order valence-corrected chi connectivity index (χ1v) is 5.22. The van der Waals surface area contributed by atoms with Gasteiger partial charge in [0.2, 0.25) is 0 Å². The molecule has 0 bridgehead atoms. The van der Waals surface area contributed by atoms with Crippen molar-refractivity contribution in [3.8, 4) is 0 Å². The molecule has 0 aliphatic carbocycles. The maximum Gasteiger partial charge on any atom is 0.137 e. The summed E-state index contributed by atoms with van der Waals surface area (Å²) in [6.07, 6.45) is 2.14. The smallest absolute Gasteiger partial charge is 0.137 e. The van der Waals surface area contributed by atoms with Gasteiger partial charge in [0.15, 0.2) is 0 Å². The molecule has 1 aliphatic rings. The normalized spacial score (nSPS) is 21.2. The summed E-state index contributed by atoms with van der Waals surface area (Å²) in [6.45, 7) is 1.10. The third kappa shape index (κ3) is 2.09. The molecule has 1 aromatic carbocycles. The minimum absolute atomic E-state index is 0.170. The van der Waals surface area contributed by atoms with E-state index in [0.717, 1.165) is 18.5 Å². The van der Waals surface area contributed by atoms with Crippen LogP contribution in [0.5, 0.6) is 0 Å². The molecule has 0 aromatic heterocycles. The second-order valence-corrected chi connectivity index (χ2v) is 4.25. The molecule has 13 heavy (non-hydrogen) atoms. The average Bonchev–Trinajstić information content (AvgIpc) is 2.04. The van der Waals surface area contributed by atoms with Gasteiger partial charge in [-0.2, -0.15) is 0 Å². The van der Waals surface area contributed by atoms with E-state index >= 15 is 0 Å². The van der Waals surface area contributed by atoms with Crippen molar-refractivity contribution in [1.82, 2.24) is 5.32 Å². The zero-order chi connectivity index (χ0) is 9.26. The molecule has 0 saturated carbocycles. The van der Waals surface area contributed by atoms with Crippen molar-refractivity contribution >= 4 is 15.9 Å². The SMILES string of the molecule is Fc1cc(CC2CCN2)ccc1Br. The lowest BCUT2D eigenvalue weighted by molar-refractivity contribution is 0.369. The predicted molar refractivity (Wildman–Crippen MR) is 54.2 cm³/mol. The number of nitrogens with one attached hydrogen (secondary N) is 1. The lowest BCUT2D eigenvalue weighted by atomic mass is 9.98. The first-order valence-electron chi connectivity index (χ1n) is 4.43. The Morgan fingerprint density at radius 1 is 1.54 bits per heavy atom. The number of hydrogen-bond donors (Lipinski definition) is 1. The van der Waals surface area contributed by atoms with Crippen molar-refractivity contribution in [3.63, 3.8) is 0 Å². The van der Waals surface area contributed by atoms with Crippen LogP contribution in [-0.4, -0.2) is 12.6 Å². The first-order chi connectivity index (χ1) is 6.25. The fourth-order valence-electron chi connectivity index (χ4n) is 1.47. The van der Waals surface area contributed by atoms with E-state index < -0.39 is 0 Å². The van der Waals surface area contributed by atoms with Crippen molar-refractivity contribution < 1.29 is 4.39 Å². The Morgan fingerprint density at radius 2 is 2.31 bits per heavy atom. The lowest BCUT2D eigenvalue weighted by Crippen LogP contribution is -2.44. The summed E-state index contributed by atoms with van der Waals surface area (Å²) in [4.78, 5) is 0. The van der Waals surface area contributed by atoms with Gasteiger partial charge in [0.25, 0.3) is 0 Å². The highest BCUT2D eigenvalue weighted by Crippen LogP contribution is 2.18. The minimum atomic E-state index is -0.170. The van der Waals surface area contributed by atoms with Gasteiger partial charge in [-0.3, -0.25) is 0 Å². The first kappa shape index (κ1) is 9.16. The summed E-state index contributed by atoms with van der Waals surface area (Å²) < 4.78 is 13.6. The van der Waals surface area contributed by atoms with Gasteiger partial charge < -0.3 is 5.32 Å². The van der Waals surface area contributed by atoms with Crippen LogP contribution in [0.25, 0.3) is 0 Å². The van der Waals surface area contributed by atoms with Crippen LogP contribution >= 0.6 is 15.9 Å². The Morgan fingerprint density at radius 3 is 2.85 bits per heavy atom. The highest BCUT2D eigenvalue weighted by molar-refractivity contribution is 9.10. The van der Waals surface area contributed by atoms with E-state index in [1.807, 2.05) is 6.07 Å². The summed E-state index contributed by atoms with van der Waals surface area (Å²) in [5, 5.41) is 3.29. The number of rotatable bonds is 2. The molecule has 1 N–H and O–H groups in total. The standard InChI is InChI=1S/C10H11BrFN/c11-9-2-1-7(6-10(9)12)5-8-3-4-13-8/h1-2,6,8,13H,3-5H2. The van der Waals surface area contributed by atoms with Crippen molar-refractivity contribution in [2.75, 3.05) is 6.54 Å². The summed E-state index contributed by atoms with van der Waals surface area (Å²) >= 11 is 3.14. The topological polar surface area (TPSA) is 12.0 Å². The Labute approximate surface area is 85.5 Å². The minimum Gasteiger partial charge on any atom is -0.314 e. The highest BCUT2D eigenvalue weighted by atomic mass is 79.9. The van der Waals surface area contributed by atoms with Gasteiger partial charge in [0.1, 0.15) is 5.82 Å². The molecule has 1 nitrogen and oxygen atoms in total. The maximum atomic E-state index is 13.1. The van der Waals surface area contributed by atoms with Crippen molar-refractivity contribution in [2.24, 2.45) is 0 Å². The van der Waals surface area contributed by atoms with Gasteiger partial charge in [-0.25, -0.2) is 4.39 Å². The summed E-state index contributed by atoms with van der Waals surface area (Å²) in [5.41, 5.74) is 1.07. The number of halogens is 2. The third-order valence-corrected chi connectivity index (χ3v) is 3.04. The zero-order valence-electron chi connectivity index (χ0n) is 7.19.